The molecule has 0 bridgehead atoms. The molecule has 136 valence electrons. The minimum Gasteiger partial charge on any atom is -0.390 e. The molecule has 1 N–H and O–H groups in total. The molecule has 4 saturated carbocycles. The van der Waals surface area contributed by atoms with Gasteiger partial charge in [0.05, 0.1) is 5.60 Å². The van der Waals surface area contributed by atoms with E-state index in [1.165, 1.54) is 44.9 Å². The summed E-state index contributed by atoms with van der Waals surface area (Å²) in [4.78, 5) is 12.3. The molecule has 0 aromatic carbocycles. The van der Waals surface area contributed by atoms with Crippen molar-refractivity contribution in [2.24, 2.45) is 40.9 Å². The van der Waals surface area contributed by atoms with Gasteiger partial charge in [-0.1, -0.05) is 6.92 Å². The first-order valence-electron chi connectivity index (χ1n) is 10.6. The fourth-order valence-corrected chi connectivity index (χ4v) is 8.19. The number of aliphatic hydroxyl groups is 1. The Morgan fingerprint density at radius 3 is 2.46 bits per heavy atom. The van der Waals surface area contributed by atoms with Gasteiger partial charge in [0, 0.05) is 5.92 Å². The molecular formula is C22H36O2. The fourth-order valence-electron chi connectivity index (χ4n) is 8.19. The second-order valence-corrected chi connectivity index (χ2v) is 10.0. The maximum atomic E-state index is 12.3. The third-order valence-corrected chi connectivity index (χ3v) is 9.10. The number of carbonyl (C=O) groups excluding carboxylic acids is 1. The van der Waals surface area contributed by atoms with Crippen molar-refractivity contribution in [3.8, 4) is 0 Å². The number of Topliss-reactive ketones (excluding diaryl/α,β-unsaturated/α-hetero) is 1. The number of rotatable bonds is 2. The van der Waals surface area contributed by atoms with Crippen molar-refractivity contribution >= 4 is 5.78 Å². The van der Waals surface area contributed by atoms with Crippen molar-refractivity contribution in [2.75, 3.05) is 0 Å². The molecule has 24 heavy (non-hydrogen) atoms. The van der Waals surface area contributed by atoms with Crippen LogP contribution in [0.2, 0.25) is 0 Å². The topological polar surface area (TPSA) is 37.3 Å². The highest BCUT2D eigenvalue weighted by Gasteiger charge is 2.59. The number of carbonyl (C=O) groups is 1. The first kappa shape index (κ1) is 17.1. The first-order chi connectivity index (χ1) is 11.4. The van der Waals surface area contributed by atoms with Crippen molar-refractivity contribution in [3.63, 3.8) is 0 Å². The van der Waals surface area contributed by atoms with Gasteiger partial charge in [-0.3, -0.25) is 4.79 Å². The quantitative estimate of drug-likeness (QED) is 0.774. The minimum atomic E-state index is -0.414. The summed E-state index contributed by atoms with van der Waals surface area (Å²) >= 11 is 0. The molecule has 0 spiro atoms. The molecule has 4 fully saturated rings. The summed E-state index contributed by atoms with van der Waals surface area (Å²) in [6.07, 6.45) is 12.2. The van der Waals surface area contributed by atoms with Crippen LogP contribution in [-0.4, -0.2) is 16.5 Å². The Kier molecular flexibility index (Phi) is 4.14. The smallest absolute Gasteiger partial charge is 0.133 e. The molecule has 2 heteroatoms. The molecule has 0 aromatic rings. The first-order valence-corrected chi connectivity index (χ1v) is 10.6. The van der Waals surface area contributed by atoms with E-state index in [9.17, 15) is 9.90 Å². The van der Waals surface area contributed by atoms with Gasteiger partial charge >= 0.3 is 0 Å². The molecule has 4 aliphatic rings. The average Bonchev–Trinajstić information content (AvgIpc) is 2.93. The van der Waals surface area contributed by atoms with Crippen molar-refractivity contribution in [3.05, 3.63) is 0 Å². The Morgan fingerprint density at radius 1 is 1.00 bits per heavy atom. The van der Waals surface area contributed by atoms with E-state index in [1.54, 1.807) is 0 Å². The lowest BCUT2D eigenvalue weighted by molar-refractivity contribution is -0.132. The predicted molar refractivity (Wildman–Crippen MR) is 96.5 cm³/mol. The molecule has 4 rings (SSSR count). The summed E-state index contributed by atoms with van der Waals surface area (Å²) < 4.78 is 0. The van der Waals surface area contributed by atoms with Crippen LogP contribution in [-0.2, 0) is 4.79 Å². The molecule has 0 aliphatic heterocycles. The van der Waals surface area contributed by atoms with Crippen LogP contribution >= 0.6 is 0 Å². The highest BCUT2D eigenvalue weighted by Crippen LogP contribution is 2.65. The fraction of sp³-hybridized carbons (Fsp3) is 0.955. The SMILES string of the molecule is CC[C@]12CC[C@H]3[C@@H](CC[C@@H]4C[C@](C)(O)CC[C@@H]43)[C@@H]1CC[C@@H]2C(C)=O. The maximum Gasteiger partial charge on any atom is 0.133 e. The number of hydrogen-bond donors (Lipinski definition) is 1. The van der Waals surface area contributed by atoms with Crippen LogP contribution in [0.3, 0.4) is 0 Å². The van der Waals surface area contributed by atoms with Crippen LogP contribution in [0, 0.1) is 40.9 Å². The van der Waals surface area contributed by atoms with E-state index >= 15 is 0 Å². The lowest BCUT2D eigenvalue weighted by atomic mass is 9.48. The van der Waals surface area contributed by atoms with E-state index in [2.05, 4.69) is 6.92 Å². The summed E-state index contributed by atoms with van der Waals surface area (Å²) in [5.41, 5.74) is -0.0804. The van der Waals surface area contributed by atoms with Gasteiger partial charge in [0.15, 0.2) is 0 Å². The Labute approximate surface area is 147 Å². The van der Waals surface area contributed by atoms with E-state index in [4.69, 9.17) is 0 Å². The Morgan fingerprint density at radius 2 is 1.75 bits per heavy atom. The molecule has 4 aliphatic carbocycles. The molecular weight excluding hydrogens is 296 g/mol. The van der Waals surface area contributed by atoms with E-state index < -0.39 is 5.60 Å². The van der Waals surface area contributed by atoms with Crippen molar-refractivity contribution in [1.82, 2.24) is 0 Å². The van der Waals surface area contributed by atoms with Gasteiger partial charge in [0.2, 0.25) is 0 Å². The number of fused-ring (bicyclic) bond motifs is 5. The van der Waals surface area contributed by atoms with Crippen LogP contribution in [0.1, 0.15) is 85.0 Å². The molecule has 0 saturated heterocycles. The number of hydrogen-bond acceptors (Lipinski definition) is 2. The molecule has 0 heterocycles. The Balaban J connectivity index is 1.58. The monoisotopic (exact) mass is 332 g/mol. The lowest BCUT2D eigenvalue weighted by Gasteiger charge is -2.57. The van der Waals surface area contributed by atoms with Crippen LogP contribution in [0.4, 0.5) is 0 Å². The van der Waals surface area contributed by atoms with E-state index in [0.29, 0.717) is 17.1 Å². The van der Waals surface area contributed by atoms with Crippen LogP contribution < -0.4 is 0 Å². The van der Waals surface area contributed by atoms with Gasteiger partial charge in [0.25, 0.3) is 0 Å². The highest BCUT2D eigenvalue weighted by molar-refractivity contribution is 5.79. The van der Waals surface area contributed by atoms with Gasteiger partial charge in [-0.05, 0) is 113 Å². The normalized spacial score (nSPS) is 53.8. The second kappa shape index (κ2) is 5.83. The number of ketones is 1. The van der Waals surface area contributed by atoms with E-state index in [-0.39, 0.29) is 0 Å². The zero-order valence-electron chi connectivity index (χ0n) is 15.9. The predicted octanol–water partition coefficient (Wildman–Crippen LogP) is 4.99. The summed E-state index contributed by atoms with van der Waals surface area (Å²) in [5, 5.41) is 10.5. The van der Waals surface area contributed by atoms with Gasteiger partial charge in [-0.2, -0.15) is 0 Å². The van der Waals surface area contributed by atoms with Crippen molar-refractivity contribution in [2.45, 2.75) is 90.6 Å². The van der Waals surface area contributed by atoms with Crippen LogP contribution in [0.5, 0.6) is 0 Å². The summed E-state index contributed by atoms with van der Waals surface area (Å²) in [6, 6.07) is 0. The zero-order chi connectivity index (χ0) is 17.1. The van der Waals surface area contributed by atoms with Gasteiger partial charge in [-0.25, -0.2) is 0 Å². The van der Waals surface area contributed by atoms with Gasteiger partial charge in [0.1, 0.15) is 5.78 Å². The highest BCUT2D eigenvalue weighted by atomic mass is 16.3. The second-order valence-electron chi connectivity index (χ2n) is 10.0. The Hall–Kier alpha value is -0.370. The van der Waals surface area contributed by atoms with Crippen molar-refractivity contribution in [1.29, 1.82) is 0 Å². The summed E-state index contributed by atoms with van der Waals surface area (Å²) in [7, 11) is 0. The van der Waals surface area contributed by atoms with E-state index in [0.717, 1.165) is 48.9 Å². The zero-order valence-corrected chi connectivity index (χ0v) is 15.9. The lowest BCUT2D eigenvalue weighted by Crippen LogP contribution is -2.51. The minimum absolute atomic E-state index is 0.333. The third kappa shape index (κ3) is 2.42. The molecule has 0 aromatic heterocycles. The van der Waals surface area contributed by atoms with Crippen LogP contribution in [0.15, 0.2) is 0 Å². The van der Waals surface area contributed by atoms with E-state index in [1.807, 2.05) is 13.8 Å². The molecule has 0 amide bonds. The largest absolute Gasteiger partial charge is 0.390 e. The average molecular weight is 333 g/mol. The summed E-state index contributed by atoms with van der Waals surface area (Å²) in [5.74, 6) is 4.98. The molecule has 2 nitrogen and oxygen atoms in total. The van der Waals surface area contributed by atoms with Crippen LogP contribution in [0.25, 0.3) is 0 Å². The van der Waals surface area contributed by atoms with Crippen molar-refractivity contribution < 1.29 is 9.90 Å². The Bertz CT molecular complexity index is 510. The molecule has 8 atom stereocenters. The molecule has 0 radical (unpaired) electrons. The maximum absolute atomic E-state index is 12.3. The molecule has 0 unspecified atom stereocenters. The summed E-state index contributed by atoms with van der Waals surface area (Å²) in [6.45, 7) is 6.24. The third-order valence-electron chi connectivity index (χ3n) is 9.10. The standard InChI is InChI=1S/C22H36O2/c1-4-22-12-10-17-16-9-11-21(3,24)13-15(16)5-6-18(17)20(22)8-7-19(22)14(2)23/h15-20,24H,4-13H2,1-3H3/t15-,16+,17-,18-,19-,20+,21-,22-/m1/s1. The van der Waals surface area contributed by atoms with Gasteiger partial charge < -0.3 is 5.11 Å². The van der Waals surface area contributed by atoms with Gasteiger partial charge in [-0.15, -0.1) is 0 Å².